The van der Waals surface area contributed by atoms with Gasteiger partial charge in [0.25, 0.3) is 11.8 Å². The highest BCUT2D eigenvalue weighted by atomic mass is 35.5. The number of pyridine rings is 1. The number of alkyl halides is 3. The third-order valence-electron chi connectivity index (χ3n) is 5.62. The van der Waals surface area contributed by atoms with E-state index in [-0.39, 0.29) is 27.1 Å². The van der Waals surface area contributed by atoms with Crippen molar-refractivity contribution >= 4 is 63.2 Å². The molecule has 0 saturated heterocycles. The number of hydrogen-bond acceptors (Lipinski definition) is 5. The van der Waals surface area contributed by atoms with Crippen LogP contribution in [0.1, 0.15) is 40.4 Å². The second kappa shape index (κ2) is 12.5. The second-order valence-electron chi connectivity index (χ2n) is 9.15. The number of aromatic nitrogens is 3. The summed E-state index contributed by atoms with van der Waals surface area (Å²) >= 11 is 14.5. The Kier molecular flexibility index (Phi) is 9.27. The van der Waals surface area contributed by atoms with Gasteiger partial charge >= 0.3 is 6.18 Å². The van der Waals surface area contributed by atoms with Gasteiger partial charge in [0.15, 0.2) is 11.5 Å². The van der Waals surface area contributed by atoms with Crippen LogP contribution in [-0.2, 0) is 6.18 Å². The third kappa shape index (κ3) is 6.71. The number of hydrogen-bond donors (Lipinski definition) is 2. The van der Waals surface area contributed by atoms with Crippen molar-refractivity contribution in [1.29, 1.82) is 0 Å². The molecule has 0 atom stereocenters. The van der Waals surface area contributed by atoms with Crippen molar-refractivity contribution in [3.05, 3.63) is 81.7 Å². The van der Waals surface area contributed by atoms with Gasteiger partial charge in [-0.2, -0.15) is 30.0 Å². The number of halogens is 5. The molecule has 2 N–H and O–H groups in total. The standard InChI is InChI=1S/C27H24Cl2F3N5O2S/c1-15(2)14-40-11-10-34-25(38)18-12-16-6-3-4-7-17(16)22(29)23(18)35-26(39)20-13-21(27(30,31)32)36-37(20)24-19(28)8-5-9-33-24/h3-9,12-13,15H,10-11,14H2,1-2H3,(H,34,38)(H,35,39). The van der Waals surface area contributed by atoms with E-state index in [0.717, 1.165) is 5.75 Å². The Balaban J connectivity index is 1.73. The SMILES string of the molecule is CC(C)CSCCNC(=O)c1cc2ccccc2c(Cl)c1NC(=O)c1cc(C(F)(F)F)nn1-c1ncccc1Cl. The smallest absolute Gasteiger partial charge is 0.351 e. The van der Waals surface area contributed by atoms with Crippen LogP contribution in [-0.4, -0.2) is 44.6 Å². The maximum atomic E-state index is 13.6. The predicted octanol–water partition coefficient (Wildman–Crippen LogP) is 7.12. The molecule has 2 amide bonds. The van der Waals surface area contributed by atoms with Gasteiger partial charge in [-0.05, 0) is 35.3 Å². The number of fused-ring (bicyclic) bond motifs is 1. The molecule has 7 nitrogen and oxygen atoms in total. The first-order valence-electron chi connectivity index (χ1n) is 12.1. The lowest BCUT2D eigenvalue weighted by molar-refractivity contribution is -0.141. The largest absolute Gasteiger partial charge is 0.435 e. The van der Waals surface area contributed by atoms with Crippen LogP contribution in [0.25, 0.3) is 16.6 Å². The number of rotatable bonds is 9. The molecule has 0 spiro atoms. The number of benzene rings is 2. The molecule has 0 bridgehead atoms. The zero-order chi connectivity index (χ0) is 29.0. The van der Waals surface area contributed by atoms with Crippen molar-refractivity contribution in [2.45, 2.75) is 20.0 Å². The number of nitrogens with zero attached hydrogens (tertiary/aromatic N) is 3. The lowest BCUT2D eigenvalue weighted by Gasteiger charge is -2.16. The fraction of sp³-hybridized carbons (Fsp3) is 0.259. The molecule has 0 aliphatic rings. The molecule has 0 radical (unpaired) electrons. The number of nitrogens with one attached hydrogen (secondary N) is 2. The molecular weight excluding hydrogens is 586 g/mol. The van der Waals surface area contributed by atoms with Crippen molar-refractivity contribution in [2.75, 3.05) is 23.4 Å². The van der Waals surface area contributed by atoms with E-state index in [1.165, 1.54) is 18.3 Å². The second-order valence-corrected chi connectivity index (χ2v) is 11.1. The van der Waals surface area contributed by atoms with E-state index in [0.29, 0.717) is 39.7 Å². The summed E-state index contributed by atoms with van der Waals surface area (Å²) in [6.07, 6.45) is -3.54. The van der Waals surface area contributed by atoms with Crippen molar-refractivity contribution in [2.24, 2.45) is 5.92 Å². The van der Waals surface area contributed by atoms with Crippen LogP contribution >= 0.6 is 35.0 Å². The van der Waals surface area contributed by atoms with Gasteiger partial charge < -0.3 is 10.6 Å². The summed E-state index contributed by atoms with van der Waals surface area (Å²) in [5, 5.41) is 10.1. The summed E-state index contributed by atoms with van der Waals surface area (Å²) < 4.78 is 41.4. The molecule has 4 aromatic rings. The molecule has 0 saturated carbocycles. The molecule has 4 rings (SSSR count). The van der Waals surface area contributed by atoms with Gasteiger partial charge in [-0.25, -0.2) is 9.67 Å². The van der Waals surface area contributed by atoms with E-state index < -0.39 is 29.4 Å². The maximum absolute atomic E-state index is 13.6. The average molecular weight is 610 g/mol. The van der Waals surface area contributed by atoms with Gasteiger partial charge in [-0.1, -0.05) is 61.3 Å². The summed E-state index contributed by atoms with van der Waals surface area (Å²) in [6.45, 7) is 4.57. The van der Waals surface area contributed by atoms with Crippen LogP contribution in [0.3, 0.4) is 0 Å². The van der Waals surface area contributed by atoms with Crippen LogP contribution in [0.15, 0.2) is 54.7 Å². The minimum Gasteiger partial charge on any atom is -0.351 e. The Morgan fingerprint density at radius 2 is 1.82 bits per heavy atom. The number of amides is 2. The number of thioether (sulfide) groups is 1. The van der Waals surface area contributed by atoms with Gasteiger partial charge in [-0.15, -0.1) is 0 Å². The maximum Gasteiger partial charge on any atom is 0.435 e. The van der Waals surface area contributed by atoms with Crippen molar-refractivity contribution in [3.63, 3.8) is 0 Å². The first-order valence-corrected chi connectivity index (χ1v) is 14.0. The number of carbonyl (C=O) groups excluding carboxylic acids is 2. The van der Waals surface area contributed by atoms with E-state index in [4.69, 9.17) is 23.2 Å². The van der Waals surface area contributed by atoms with Gasteiger partial charge in [0.2, 0.25) is 0 Å². The van der Waals surface area contributed by atoms with Crippen LogP contribution in [0.2, 0.25) is 10.0 Å². The topological polar surface area (TPSA) is 88.9 Å². The molecule has 0 aliphatic heterocycles. The van der Waals surface area contributed by atoms with Gasteiger partial charge in [-0.3, -0.25) is 9.59 Å². The number of carbonyl (C=O) groups is 2. The normalized spacial score (nSPS) is 11.7. The summed E-state index contributed by atoms with van der Waals surface area (Å²) in [5.74, 6) is 0.457. The van der Waals surface area contributed by atoms with E-state index in [1.807, 2.05) is 0 Å². The Hall–Kier alpha value is -3.28. The summed E-state index contributed by atoms with van der Waals surface area (Å²) in [7, 11) is 0. The third-order valence-corrected chi connectivity index (χ3v) is 7.71. The molecule has 2 aromatic carbocycles. The quantitative estimate of drug-likeness (QED) is 0.197. The monoisotopic (exact) mass is 609 g/mol. The zero-order valence-corrected chi connectivity index (χ0v) is 23.7. The number of anilines is 1. The fourth-order valence-corrected chi connectivity index (χ4v) is 5.22. The minimum absolute atomic E-state index is 0.0208. The highest BCUT2D eigenvalue weighted by molar-refractivity contribution is 7.99. The van der Waals surface area contributed by atoms with Crippen LogP contribution < -0.4 is 10.6 Å². The molecule has 13 heteroatoms. The van der Waals surface area contributed by atoms with Crippen LogP contribution in [0.5, 0.6) is 0 Å². The summed E-state index contributed by atoms with van der Waals surface area (Å²) in [5.41, 5.74) is -1.82. The average Bonchev–Trinajstić information content (AvgIpc) is 3.36. The Labute approximate surface area is 242 Å². The molecule has 0 fully saturated rings. The lowest BCUT2D eigenvalue weighted by atomic mass is 10.0. The van der Waals surface area contributed by atoms with Gasteiger partial charge in [0.05, 0.1) is 21.3 Å². The first kappa shape index (κ1) is 29.7. The lowest BCUT2D eigenvalue weighted by Crippen LogP contribution is -2.28. The van der Waals surface area contributed by atoms with Crippen molar-refractivity contribution < 1.29 is 22.8 Å². The Morgan fingerprint density at radius 3 is 2.52 bits per heavy atom. The van der Waals surface area contributed by atoms with Gasteiger partial charge in [0, 0.05) is 29.9 Å². The van der Waals surface area contributed by atoms with E-state index in [1.54, 1.807) is 42.1 Å². The van der Waals surface area contributed by atoms with Crippen LogP contribution in [0, 0.1) is 5.92 Å². The molecular formula is C27H24Cl2F3N5O2S. The predicted molar refractivity (Wildman–Crippen MR) is 153 cm³/mol. The first-order chi connectivity index (χ1) is 19.0. The van der Waals surface area contributed by atoms with Crippen LogP contribution in [0.4, 0.5) is 18.9 Å². The highest BCUT2D eigenvalue weighted by Crippen LogP contribution is 2.36. The Morgan fingerprint density at radius 1 is 1.07 bits per heavy atom. The molecule has 40 heavy (non-hydrogen) atoms. The van der Waals surface area contributed by atoms with E-state index in [9.17, 15) is 22.8 Å². The van der Waals surface area contributed by atoms with Gasteiger partial charge in [0.1, 0.15) is 5.69 Å². The highest BCUT2D eigenvalue weighted by Gasteiger charge is 2.37. The molecule has 2 heterocycles. The van der Waals surface area contributed by atoms with Crippen molar-refractivity contribution in [3.8, 4) is 5.82 Å². The molecule has 0 aliphatic carbocycles. The van der Waals surface area contributed by atoms with Crippen molar-refractivity contribution in [1.82, 2.24) is 20.1 Å². The molecule has 0 unspecified atom stereocenters. The minimum atomic E-state index is -4.85. The zero-order valence-electron chi connectivity index (χ0n) is 21.4. The molecule has 2 aromatic heterocycles. The van der Waals surface area contributed by atoms with E-state index in [2.05, 4.69) is 34.6 Å². The summed E-state index contributed by atoms with van der Waals surface area (Å²) in [4.78, 5) is 30.7. The Bertz CT molecular complexity index is 1560. The van der Waals surface area contributed by atoms with E-state index >= 15 is 0 Å². The molecule has 210 valence electrons. The fourth-order valence-electron chi connectivity index (χ4n) is 3.81. The summed E-state index contributed by atoms with van der Waals surface area (Å²) in [6, 6.07) is 12.0.